The highest BCUT2D eigenvalue weighted by Gasteiger charge is 2.11. The maximum atomic E-state index is 12.5. The maximum Gasteiger partial charge on any atom is 0.255 e. The highest BCUT2D eigenvalue weighted by molar-refractivity contribution is 6.05. The van der Waals surface area contributed by atoms with Crippen LogP contribution in [-0.4, -0.2) is 18.0 Å². The molecule has 0 atom stereocenters. The molecule has 5 heteroatoms. The molecule has 0 saturated carbocycles. The molecule has 5 rings (SSSR count). The number of methoxy groups -OCH3 is 1. The van der Waals surface area contributed by atoms with Gasteiger partial charge in [0.15, 0.2) is 5.58 Å². The zero-order valence-electron chi connectivity index (χ0n) is 16.3. The summed E-state index contributed by atoms with van der Waals surface area (Å²) in [5.74, 6) is 1.06. The number of carbonyl (C=O) groups excluding carboxylic acids is 1. The Bertz CT molecular complexity index is 1370. The van der Waals surface area contributed by atoms with E-state index in [0.717, 1.165) is 10.9 Å². The largest absolute Gasteiger partial charge is 0.497 e. The van der Waals surface area contributed by atoms with Gasteiger partial charge in [-0.15, -0.1) is 0 Å². The fourth-order valence-electron chi connectivity index (χ4n) is 3.40. The second-order valence-electron chi connectivity index (χ2n) is 6.95. The van der Waals surface area contributed by atoms with E-state index in [1.54, 1.807) is 37.4 Å². The van der Waals surface area contributed by atoms with Crippen molar-refractivity contribution in [1.82, 2.24) is 4.98 Å². The molecule has 146 valence electrons. The van der Waals surface area contributed by atoms with Crippen molar-refractivity contribution in [2.75, 3.05) is 12.4 Å². The molecule has 1 heterocycles. The van der Waals surface area contributed by atoms with Gasteiger partial charge in [-0.3, -0.25) is 4.79 Å². The van der Waals surface area contributed by atoms with E-state index in [2.05, 4.69) is 34.6 Å². The van der Waals surface area contributed by atoms with Crippen LogP contribution >= 0.6 is 0 Å². The molecule has 0 aliphatic rings. The molecule has 1 amide bonds. The number of hydrogen-bond acceptors (Lipinski definition) is 4. The van der Waals surface area contributed by atoms with Crippen LogP contribution in [0.1, 0.15) is 10.4 Å². The Morgan fingerprint density at radius 2 is 1.70 bits per heavy atom. The van der Waals surface area contributed by atoms with Crippen LogP contribution in [0.3, 0.4) is 0 Å². The Balaban J connectivity index is 1.42. The van der Waals surface area contributed by atoms with Crippen molar-refractivity contribution in [2.45, 2.75) is 0 Å². The molecular weight excluding hydrogens is 376 g/mol. The van der Waals surface area contributed by atoms with E-state index in [-0.39, 0.29) is 5.91 Å². The van der Waals surface area contributed by atoms with Gasteiger partial charge in [-0.05, 0) is 65.4 Å². The third kappa shape index (κ3) is 3.37. The number of hydrogen-bond donors (Lipinski definition) is 1. The number of fused-ring (bicyclic) bond motifs is 2. The van der Waals surface area contributed by atoms with Gasteiger partial charge < -0.3 is 14.5 Å². The van der Waals surface area contributed by atoms with Gasteiger partial charge in [-0.25, -0.2) is 4.98 Å². The molecule has 0 radical (unpaired) electrons. The summed E-state index contributed by atoms with van der Waals surface area (Å²) in [6.45, 7) is 0. The summed E-state index contributed by atoms with van der Waals surface area (Å²) < 4.78 is 11.1. The number of aromatic nitrogens is 1. The number of nitrogens with one attached hydrogen (secondary N) is 1. The molecule has 1 N–H and O–H groups in total. The minimum Gasteiger partial charge on any atom is -0.497 e. The first-order valence-corrected chi connectivity index (χ1v) is 9.55. The zero-order valence-corrected chi connectivity index (χ0v) is 16.3. The van der Waals surface area contributed by atoms with Gasteiger partial charge in [0.1, 0.15) is 11.3 Å². The van der Waals surface area contributed by atoms with Gasteiger partial charge in [0, 0.05) is 16.8 Å². The van der Waals surface area contributed by atoms with Crippen LogP contribution in [0.25, 0.3) is 33.3 Å². The first-order valence-electron chi connectivity index (χ1n) is 9.55. The molecule has 0 bridgehead atoms. The van der Waals surface area contributed by atoms with Crippen molar-refractivity contribution in [1.29, 1.82) is 0 Å². The van der Waals surface area contributed by atoms with Crippen LogP contribution in [0.15, 0.2) is 89.3 Å². The molecule has 0 fully saturated rings. The summed E-state index contributed by atoms with van der Waals surface area (Å²) in [5, 5.41) is 5.20. The van der Waals surface area contributed by atoms with Crippen LogP contribution in [0.2, 0.25) is 0 Å². The summed E-state index contributed by atoms with van der Waals surface area (Å²) in [4.78, 5) is 17.1. The molecule has 0 unspecified atom stereocenters. The molecule has 5 nitrogen and oxygen atoms in total. The quantitative estimate of drug-likeness (QED) is 0.412. The van der Waals surface area contributed by atoms with E-state index in [1.165, 1.54) is 5.39 Å². The lowest BCUT2D eigenvalue weighted by atomic mass is 10.1. The summed E-state index contributed by atoms with van der Waals surface area (Å²) in [7, 11) is 1.59. The Hall–Kier alpha value is -4.12. The number of rotatable bonds is 4. The summed E-state index contributed by atoms with van der Waals surface area (Å²) >= 11 is 0. The summed E-state index contributed by atoms with van der Waals surface area (Å²) in [6.07, 6.45) is 0. The average Bonchev–Trinajstić information content (AvgIpc) is 3.22. The van der Waals surface area contributed by atoms with E-state index < -0.39 is 0 Å². The first-order chi connectivity index (χ1) is 14.7. The van der Waals surface area contributed by atoms with Crippen molar-refractivity contribution in [3.8, 4) is 17.2 Å². The summed E-state index contributed by atoms with van der Waals surface area (Å²) in [6, 6.07) is 26.7. The number of ether oxygens (including phenoxy) is 1. The van der Waals surface area contributed by atoms with Crippen LogP contribution < -0.4 is 10.1 Å². The fourth-order valence-corrected chi connectivity index (χ4v) is 3.40. The van der Waals surface area contributed by atoms with Gasteiger partial charge in [0.2, 0.25) is 5.89 Å². The van der Waals surface area contributed by atoms with E-state index >= 15 is 0 Å². The minimum absolute atomic E-state index is 0.199. The number of anilines is 1. The lowest BCUT2D eigenvalue weighted by Gasteiger charge is -2.06. The predicted octanol–water partition coefficient (Wildman–Crippen LogP) is 5.91. The highest BCUT2D eigenvalue weighted by atomic mass is 16.5. The normalized spacial score (nSPS) is 11.0. The van der Waals surface area contributed by atoms with Crippen molar-refractivity contribution in [3.05, 3.63) is 90.5 Å². The molecule has 4 aromatic carbocycles. The van der Waals surface area contributed by atoms with Crippen molar-refractivity contribution in [2.24, 2.45) is 0 Å². The minimum atomic E-state index is -0.199. The predicted molar refractivity (Wildman–Crippen MR) is 118 cm³/mol. The SMILES string of the molecule is COc1ccc(C(=O)Nc2ccc3oc(-c4ccc5ccccc5c4)nc3c2)cc1. The second kappa shape index (κ2) is 7.37. The lowest BCUT2D eigenvalue weighted by molar-refractivity contribution is 0.102. The molecule has 0 aliphatic heterocycles. The molecular formula is C25H18N2O3. The summed E-state index contributed by atoms with van der Waals surface area (Å²) in [5.41, 5.74) is 3.47. The molecule has 1 aromatic heterocycles. The number of nitrogens with zero attached hydrogens (tertiary/aromatic N) is 1. The van der Waals surface area contributed by atoms with Gasteiger partial charge in [-0.2, -0.15) is 0 Å². The second-order valence-corrected chi connectivity index (χ2v) is 6.95. The van der Waals surface area contributed by atoms with Crippen LogP contribution in [0.4, 0.5) is 5.69 Å². The Kier molecular flexibility index (Phi) is 4.41. The van der Waals surface area contributed by atoms with Crippen LogP contribution in [-0.2, 0) is 0 Å². The number of benzene rings is 4. The smallest absolute Gasteiger partial charge is 0.255 e. The average molecular weight is 394 g/mol. The standard InChI is InChI=1S/C25H18N2O3/c1-29-21-11-8-17(9-12-21)24(28)26-20-10-13-23-22(15-20)27-25(30-23)19-7-6-16-4-2-3-5-18(16)14-19/h2-15H,1H3,(H,26,28). The lowest BCUT2D eigenvalue weighted by Crippen LogP contribution is -2.11. The Morgan fingerprint density at radius 3 is 2.50 bits per heavy atom. The van der Waals surface area contributed by atoms with E-state index in [0.29, 0.717) is 34.0 Å². The molecule has 30 heavy (non-hydrogen) atoms. The van der Waals surface area contributed by atoms with Gasteiger partial charge in [-0.1, -0.05) is 30.3 Å². The highest BCUT2D eigenvalue weighted by Crippen LogP contribution is 2.28. The monoisotopic (exact) mass is 394 g/mol. The fraction of sp³-hybridized carbons (Fsp3) is 0.0400. The van der Waals surface area contributed by atoms with Crippen molar-refractivity contribution in [3.63, 3.8) is 0 Å². The van der Waals surface area contributed by atoms with Gasteiger partial charge >= 0.3 is 0 Å². The number of carbonyl (C=O) groups is 1. The van der Waals surface area contributed by atoms with Crippen LogP contribution in [0.5, 0.6) is 5.75 Å². The van der Waals surface area contributed by atoms with Gasteiger partial charge in [0.05, 0.1) is 7.11 Å². The first kappa shape index (κ1) is 17.9. The topological polar surface area (TPSA) is 64.4 Å². The molecule has 0 aliphatic carbocycles. The maximum absolute atomic E-state index is 12.5. The van der Waals surface area contributed by atoms with Crippen molar-refractivity contribution >= 4 is 33.5 Å². The van der Waals surface area contributed by atoms with E-state index in [4.69, 9.17) is 9.15 Å². The number of amides is 1. The van der Waals surface area contributed by atoms with Crippen molar-refractivity contribution < 1.29 is 13.9 Å². The molecule has 0 spiro atoms. The van der Waals surface area contributed by atoms with E-state index in [9.17, 15) is 4.79 Å². The molecule has 0 saturated heterocycles. The third-order valence-electron chi connectivity index (χ3n) is 4.99. The Morgan fingerprint density at radius 1 is 0.900 bits per heavy atom. The zero-order chi connectivity index (χ0) is 20.5. The molecule has 5 aromatic rings. The van der Waals surface area contributed by atoms with Gasteiger partial charge in [0.25, 0.3) is 5.91 Å². The van der Waals surface area contributed by atoms with Crippen LogP contribution in [0, 0.1) is 0 Å². The Labute approximate surface area is 172 Å². The third-order valence-corrected chi connectivity index (χ3v) is 4.99. The number of oxazole rings is 1. The van der Waals surface area contributed by atoms with E-state index in [1.807, 2.05) is 30.3 Å².